The van der Waals surface area contributed by atoms with Crippen LogP contribution >= 0.6 is 0 Å². The number of rotatable bonds is 4. The van der Waals surface area contributed by atoms with Crippen LogP contribution in [0.15, 0.2) is 24.5 Å². The minimum atomic E-state index is 0.190. The molecule has 98 valence electrons. The quantitative estimate of drug-likeness (QED) is 0.796. The Balaban J connectivity index is 1.81. The van der Waals surface area contributed by atoms with Crippen LogP contribution in [0.4, 0.5) is 0 Å². The lowest BCUT2D eigenvalue weighted by Crippen LogP contribution is -2.50. The Labute approximate surface area is 108 Å². The van der Waals surface area contributed by atoms with Gasteiger partial charge < -0.3 is 10.6 Å². The summed E-state index contributed by atoms with van der Waals surface area (Å²) in [5.74, 6) is 0.190. The smallest absolute Gasteiger partial charge is 0.227 e. The summed E-state index contributed by atoms with van der Waals surface area (Å²) in [5, 5.41) is 0. The highest BCUT2D eigenvalue weighted by Crippen LogP contribution is 2.05. The molecule has 0 saturated carbocycles. The van der Waals surface area contributed by atoms with Gasteiger partial charge >= 0.3 is 0 Å². The molecule has 1 amide bonds. The summed E-state index contributed by atoms with van der Waals surface area (Å²) in [7, 11) is 0. The van der Waals surface area contributed by atoms with Crippen molar-refractivity contribution in [2.45, 2.75) is 6.42 Å². The molecule has 1 fully saturated rings. The van der Waals surface area contributed by atoms with E-state index in [1.807, 2.05) is 17.0 Å². The van der Waals surface area contributed by atoms with Gasteiger partial charge in [-0.3, -0.25) is 14.7 Å². The molecule has 1 aromatic rings. The number of nitrogens with two attached hydrogens (primary N) is 1. The Morgan fingerprint density at radius 3 is 2.72 bits per heavy atom. The molecule has 2 rings (SSSR count). The van der Waals surface area contributed by atoms with Gasteiger partial charge in [-0.25, -0.2) is 0 Å². The van der Waals surface area contributed by atoms with Crippen molar-refractivity contribution in [2.24, 2.45) is 5.73 Å². The number of carbonyl (C=O) groups excluding carboxylic acids is 1. The van der Waals surface area contributed by atoms with Gasteiger partial charge in [0, 0.05) is 51.7 Å². The van der Waals surface area contributed by atoms with E-state index in [-0.39, 0.29) is 5.91 Å². The summed E-state index contributed by atoms with van der Waals surface area (Å²) >= 11 is 0. The van der Waals surface area contributed by atoms with E-state index in [4.69, 9.17) is 5.73 Å². The average Bonchev–Trinajstić information content (AvgIpc) is 2.41. The first-order chi connectivity index (χ1) is 8.79. The van der Waals surface area contributed by atoms with Gasteiger partial charge in [0.05, 0.1) is 6.42 Å². The van der Waals surface area contributed by atoms with Crippen LogP contribution in [0, 0.1) is 0 Å². The van der Waals surface area contributed by atoms with Crippen LogP contribution in [0.2, 0.25) is 0 Å². The molecule has 0 spiro atoms. The molecule has 0 unspecified atom stereocenters. The molecule has 1 aromatic heterocycles. The number of nitrogens with zero attached hydrogens (tertiary/aromatic N) is 3. The second kappa shape index (κ2) is 6.47. The van der Waals surface area contributed by atoms with Crippen molar-refractivity contribution < 1.29 is 4.79 Å². The zero-order chi connectivity index (χ0) is 12.8. The van der Waals surface area contributed by atoms with Crippen molar-refractivity contribution >= 4 is 5.91 Å². The molecular weight excluding hydrogens is 228 g/mol. The van der Waals surface area contributed by atoms with Crippen molar-refractivity contribution in [3.05, 3.63) is 30.1 Å². The molecule has 1 aliphatic heterocycles. The van der Waals surface area contributed by atoms with Crippen molar-refractivity contribution in [3.63, 3.8) is 0 Å². The van der Waals surface area contributed by atoms with Crippen LogP contribution in [-0.2, 0) is 11.2 Å². The van der Waals surface area contributed by atoms with E-state index in [9.17, 15) is 4.79 Å². The van der Waals surface area contributed by atoms with Crippen LogP contribution in [0.1, 0.15) is 5.56 Å². The summed E-state index contributed by atoms with van der Waals surface area (Å²) in [5.41, 5.74) is 6.51. The third kappa shape index (κ3) is 3.51. The fourth-order valence-electron chi connectivity index (χ4n) is 2.19. The fraction of sp³-hybridized carbons (Fsp3) is 0.538. The lowest BCUT2D eigenvalue weighted by Gasteiger charge is -2.34. The van der Waals surface area contributed by atoms with Gasteiger partial charge in [-0.15, -0.1) is 0 Å². The number of hydrogen-bond acceptors (Lipinski definition) is 4. The number of piperazine rings is 1. The summed E-state index contributed by atoms with van der Waals surface area (Å²) in [4.78, 5) is 20.3. The fourth-order valence-corrected chi connectivity index (χ4v) is 2.19. The average molecular weight is 248 g/mol. The zero-order valence-corrected chi connectivity index (χ0v) is 10.6. The van der Waals surface area contributed by atoms with Gasteiger partial charge in [0.15, 0.2) is 0 Å². The van der Waals surface area contributed by atoms with Gasteiger partial charge in [0.1, 0.15) is 0 Å². The van der Waals surface area contributed by atoms with Gasteiger partial charge in [0.25, 0.3) is 0 Å². The molecule has 0 atom stereocenters. The maximum Gasteiger partial charge on any atom is 0.227 e. The molecule has 1 aliphatic rings. The Morgan fingerprint density at radius 1 is 1.33 bits per heavy atom. The molecule has 5 nitrogen and oxygen atoms in total. The van der Waals surface area contributed by atoms with Crippen molar-refractivity contribution in [1.29, 1.82) is 0 Å². The summed E-state index contributed by atoms with van der Waals surface area (Å²) < 4.78 is 0. The molecule has 2 heterocycles. The standard InChI is InChI=1S/C13H20N4O/c14-3-5-16-6-8-17(9-7-16)13(18)10-12-2-1-4-15-11-12/h1-2,4,11H,3,5-10,14H2. The van der Waals surface area contributed by atoms with E-state index in [0.717, 1.165) is 38.3 Å². The topological polar surface area (TPSA) is 62.5 Å². The van der Waals surface area contributed by atoms with Crippen molar-refractivity contribution in [2.75, 3.05) is 39.3 Å². The molecule has 0 radical (unpaired) electrons. The Bertz CT molecular complexity index is 374. The van der Waals surface area contributed by atoms with E-state index in [1.54, 1.807) is 12.4 Å². The summed E-state index contributed by atoms with van der Waals surface area (Å²) in [6.45, 7) is 5.07. The highest BCUT2D eigenvalue weighted by atomic mass is 16.2. The van der Waals surface area contributed by atoms with Crippen molar-refractivity contribution in [1.82, 2.24) is 14.8 Å². The SMILES string of the molecule is NCCN1CCN(C(=O)Cc2cccnc2)CC1. The minimum absolute atomic E-state index is 0.190. The monoisotopic (exact) mass is 248 g/mol. The third-order valence-electron chi connectivity index (χ3n) is 3.25. The summed E-state index contributed by atoms with van der Waals surface area (Å²) in [6.07, 6.45) is 3.92. The zero-order valence-electron chi connectivity index (χ0n) is 10.6. The van der Waals surface area contributed by atoms with Gasteiger partial charge in [-0.05, 0) is 11.6 Å². The molecular formula is C13H20N4O. The lowest BCUT2D eigenvalue weighted by molar-refractivity contribution is -0.132. The Hall–Kier alpha value is -1.46. The highest BCUT2D eigenvalue weighted by molar-refractivity contribution is 5.78. The van der Waals surface area contributed by atoms with Crippen LogP contribution in [0.5, 0.6) is 0 Å². The molecule has 18 heavy (non-hydrogen) atoms. The van der Waals surface area contributed by atoms with Gasteiger partial charge in [-0.2, -0.15) is 0 Å². The van der Waals surface area contributed by atoms with Crippen LogP contribution in [0.3, 0.4) is 0 Å². The molecule has 2 N–H and O–H groups in total. The maximum atomic E-state index is 12.1. The number of amides is 1. The third-order valence-corrected chi connectivity index (χ3v) is 3.25. The van der Waals surface area contributed by atoms with E-state index in [1.165, 1.54) is 0 Å². The van der Waals surface area contributed by atoms with Crippen LogP contribution in [-0.4, -0.2) is 60.0 Å². The highest BCUT2D eigenvalue weighted by Gasteiger charge is 2.20. The largest absolute Gasteiger partial charge is 0.340 e. The van der Waals surface area contributed by atoms with E-state index in [2.05, 4.69) is 9.88 Å². The maximum absolute atomic E-state index is 12.1. The summed E-state index contributed by atoms with van der Waals surface area (Å²) in [6, 6.07) is 3.80. The number of aromatic nitrogens is 1. The molecule has 0 aliphatic carbocycles. The molecule has 1 saturated heterocycles. The van der Waals surface area contributed by atoms with E-state index in [0.29, 0.717) is 13.0 Å². The number of hydrogen-bond donors (Lipinski definition) is 1. The number of carbonyl (C=O) groups is 1. The molecule has 0 aromatic carbocycles. The Kier molecular flexibility index (Phi) is 4.66. The normalized spacial score (nSPS) is 16.8. The predicted octanol–water partition coefficient (Wildman–Crippen LogP) is -0.273. The van der Waals surface area contributed by atoms with Crippen LogP contribution in [0.25, 0.3) is 0 Å². The molecule has 5 heteroatoms. The first-order valence-electron chi connectivity index (χ1n) is 6.38. The Morgan fingerprint density at radius 2 is 2.11 bits per heavy atom. The lowest BCUT2D eigenvalue weighted by atomic mass is 10.2. The first kappa shape index (κ1) is 13.0. The number of pyridine rings is 1. The molecule has 0 bridgehead atoms. The minimum Gasteiger partial charge on any atom is -0.340 e. The van der Waals surface area contributed by atoms with Crippen LogP contribution < -0.4 is 5.73 Å². The van der Waals surface area contributed by atoms with Gasteiger partial charge in [0.2, 0.25) is 5.91 Å². The first-order valence-corrected chi connectivity index (χ1v) is 6.38. The second-order valence-corrected chi connectivity index (χ2v) is 4.55. The van der Waals surface area contributed by atoms with Crippen molar-refractivity contribution in [3.8, 4) is 0 Å². The second-order valence-electron chi connectivity index (χ2n) is 4.55. The van der Waals surface area contributed by atoms with E-state index < -0.39 is 0 Å². The van der Waals surface area contributed by atoms with Gasteiger partial charge in [-0.1, -0.05) is 6.07 Å². The predicted molar refractivity (Wildman–Crippen MR) is 70.0 cm³/mol. The van der Waals surface area contributed by atoms with E-state index >= 15 is 0 Å².